The molecule has 1 heterocycles. The highest BCUT2D eigenvalue weighted by Gasteiger charge is 2.28. The molecule has 0 fully saturated rings. The fourth-order valence-electron chi connectivity index (χ4n) is 2.54. The van der Waals surface area contributed by atoms with Crippen molar-refractivity contribution >= 4 is 17.3 Å². The number of benzene rings is 1. The number of hydrogen-bond acceptors (Lipinski definition) is 4. The van der Waals surface area contributed by atoms with Gasteiger partial charge in [0.05, 0.1) is 11.4 Å². The molecule has 5 heteroatoms. The number of hydrogen-bond donors (Lipinski definition) is 2. The van der Waals surface area contributed by atoms with Crippen molar-refractivity contribution in [3.63, 3.8) is 0 Å². The SMILES string of the molecule is CN1CCN(CCCC(C)(N)C(=O)O)c2ccccc21. The molecule has 1 atom stereocenters. The Labute approximate surface area is 120 Å². The molecule has 0 aromatic heterocycles. The average molecular weight is 277 g/mol. The van der Waals surface area contributed by atoms with Crippen LogP contribution in [0.2, 0.25) is 0 Å². The number of para-hydroxylation sites is 2. The molecule has 1 unspecified atom stereocenters. The van der Waals surface area contributed by atoms with Crippen LogP contribution in [0.25, 0.3) is 0 Å². The van der Waals surface area contributed by atoms with Gasteiger partial charge in [-0.15, -0.1) is 0 Å². The number of rotatable bonds is 5. The fourth-order valence-corrected chi connectivity index (χ4v) is 2.54. The molecule has 0 saturated carbocycles. The summed E-state index contributed by atoms with van der Waals surface area (Å²) < 4.78 is 0. The van der Waals surface area contributed by atoms with Gasteiger partial charge in [0.2, 0.25) is 0 Å². The Kier molecular flexibility index (Phi) is 4.18. The number of carbonyl (C=O) groups is 1. The minimum absolute atomic E-state index is 0.483. The molecule has 3 N–H and O–H groups in total. The van der Waals surface area contributed by atoms with Crippen molar-refractivity contribution < 1.29 is 9.90 Å². The van der Waals surface area contributed by atoms with Crippen molar-refractivity contribution in [1.82, 2.24) is 0 Å². The summed E-state index contributed by atoms with van der Waals surface area (Å²) in [5.74, 6) is -0.934. The first-order chi connectivity index (χ1) is 9.42. The van der Waals surface area contributed by atoms with Crippen molar-refractivity contribution in [3.05, 3.63) is 24.3 Å². The number of carboxylic acids is 1. The van der Waals surface area contributed by atoms with Crippen LogP contribution in [0.4, 0.5) is 11.4 Å². The van der Waals surface area contributed by atoms with Gasteiger partial charge in [0.15, 0.2) is 0 Å². The summed E-state index contributed by atoms with van der Waals surface area (Å²) in [5, 5.41) is 9.03. The maximum absolute atomic E-state index is 11.0. The highest BCUT2D eigenvalue weighted by Crippen LogP contribution is 2.31. The molecular formula is C15H23N3O2. The predicted molar refractivity (Wildman–Crippen MR) is 81.4 cm³/mol. The summed E-state index contributed by atoms with van der Waals surface area (Å²) in [6, 6.07) is 8.31. The third kappa shape index (κ3) is 3.04. The number of carboxylic acid groups (broad SMARTS) is 1. The molecule has 1 aromatic rings. The quantitative estimate of drug-likeness (QED) is 0.854. The fraction of sp³-hybridized carbons (Fsp3) is 0.533. The lowest BCUT2D eigenvalue weighted by molar-refractivity contribution is -0.142. The number of anilines is 2. The van der Waals surface area contributed by atoms with E-state index < -0.39 is 11.5 Å². The lowest BCUT2D eigenvalue weighted by Gasteiger charge is -2.37. The third-order valence-corrected chi connectivity index (χ3v) is 3.95. The zero-order valence-electron chi connectivity index (χ0n) is 12.2. The van der Waals surface area contributed by atoms with Crippen LogP contribution in [0.5, 0.6) is 0 Å². The van der Waals surface area contributed by atoms with Gasteiger partial charge in [-0.1, -0.05) is 12.1 Å². The second kappa shape index (κ2) is 5.71. The van der Waals surface area contributed by atoms with Gasteiger partial charge in [-0.05, 0) is 31.9 Å². The summed E-state index contributed by atoms with van der Waals surface area (Å²) in [6.07, 6.45) is 1.26. The molecule has 2 rings (SSSR count). The van der Waals surface area contributed by atoms with Crippen molar-refractivity contribution in [3.8, 4) is 0 Å². The normalized spacial score (nSPS) is 17.6. The minimum Gasteiger partial charge on any atom is -0.480 e. The zero-order valence-corrected chi connectivity index (χ0v) is 12.2. The van der Waals surface area contributed by atoms with Crippen LogP contribution in [-0.2, 0) is 4.79 Å². The highest BCUT2D eigenvalue weighted by molar-refractivity contribution is 5.77. The van der Waals surface area contributed by atoms with Gasteiger partial charge in [-0.3, -0.25) is 4.79 Å². The van der Waals surface area contributed by atoms with Crippen LogP contribution in [0.15, 0.2) is 24.3 Å². The second-order valence-corrected chi connectivity index (χ2v) is 5.72. The van der Waals surface area contributed by atoms with Gasteiger partial charge in [0, 0.05) is 26.7 Å². The lowest BCUT2D eigenvalue weighted by atomic mass is 9.97. The first-order valence-electron chi connectivity index (χ1n) is 6.99. The Bertz CT molecular complexity index is 488. The van der Waals surface area contributed by atoms with Crippen molar-refractivity contribution in [2.75, 3.05) is 36.5 Å². The Morgan fingerprint density at radius 3 is 2.65 bits per heavy atom. The van der Waals surface area contributed by atoms with Crippen molar-refractivity contribution in [2.45, 2.75) is 25.3 Å². The molecule has 5 nitrogen and oxygen atoms in total. The molecule has 20 heavy (non-hydrogen) atoms. The predicted octanol–water partition coefficient (Wildman–Crippen LogP) is 1.53. The molecule has 0 amide bonds. The van der Waals surface area contributed by atoms with Gasteiger partial charge in [-0.25, -0.2) is 0 Å². The van der Waals surface area contributed by atoms with Gasteiger partial charge < -0.3 is 20.6 Å². The molecule has 110 valence electrons. The number of aliphatic carboxylic acids is 1. The van der Waals surface area contributed by atoms with Crippen LogP contribution in [0.3, 0.4) is 0 Å². The Balaban J connectivity index is 1.98. The van der Waals surface area contributed by atoms with Gasteiger partial charge >= 0.3 is 5.97 Å². The van der Waals surface area contributed by atoms with E-state index in [1.807, 2.05) is 12.1 Å². The van der Waals surface area contributed by atoms with Gasteiger partial charge in [-0.2, -0.15) is 0 Å². The van der Waals surface area contributed by atoms with Crippen molar-refractivity contribution in [1.29, 1.82) is 0 Å². The molecule has 1 aliphatic rings. The van der Waals surface area contributed by atoms with E-state index >= 15 is 0 Å². The van der Waals surface area contributed by atoms with E-state index in [2.05, 4.69) is 29.0 Å². The van der Waals surface area contributed by atoms with Crippen LogP contribution in [-0.4, -0.2) is 43.3 Å². The third-order valence-electron chi connectivity index (χ3n) is 3.95. The first kappa shape index (κ1) is 14.7. The van der Waals surface area contributed by atoms with E-state index in [1.165, 1.54) is 11.4 Å². The molecule has 1 aliphatic heterocycles. The molecular weight excluding hydrogens is 254 g/mol. The number of nitrogens with two attached hydrogens (primary N) is 1. The number of likely N-dealkylation sites (N-methyl/N-ethyl adjacent to an activating group) is 1. The van der Waals surface area contributed by atoms with E-state index in [9.17, 15) is 4.79 Å². The average Bonchev–Trinajstić information content (AvgIpc) is 2.41. The molecule has 0 saturated heterocycles. The van der Waals surface area contributed by atoms with E-state index in [0.29, 0.717) is 6.42 Å². The molecule has 0 spiro atoms. The first-order valence-corrected chi connectivity index (χ1v) is 6.99. The van der Waals surface area contributed by atoms with Crippen LogP contribution in [0, 0.1) is 0 Å². The molecule has 0 radical (unpaired) electrons. The lowest BCUT2D eigenvalue weighted by Crippen LogP contribution is -2.46. The monoisotopic (exact) mass is 277 g/mol. The Morgan fingerprint density at radius 1 is 1.35 bits per heavy atom. The Morgan fingerprint density at radius 2 is 2.00 bits per heavy atom. The maximum Gasteiger partial charge on any atom is 0.323 e. The number of fused-ring (bicyclic) bond motifs is 1. The van der Waals surface area contributed by atoms with E-state index in [4.69, 9.17) is 10.8 Å². The van der Waals surface area contributed by atoms with Gasteiger partial charge in [0.25, 0.3) is 0 Å². The topological polar surface area (TPSA) is 69.8 Å². The van der Waals surface area contributed by atoms with Gasteiger partial charge in [0.1, 0.15) is 5.54 Å². The number of nitrogens with zero attached hydrogens (tertiary/aromatic N) is 2. The molecule has 0 aliphatic carbocycles. The summed E-state index contributed by atoms with van der Waals surface area (Å²) in [5.41, 5.74) is 7.08. The molecule has 0 bridgehead atoms. The minimum atomic E-state index is -1.13. The summed E-state index contributed by atoms with van der Waals surface area (Å²) in [7, 11) is 2.09. The van der Waals surface area contributed by atoms with Crippen molar-refractivity contribution in [2.24, 2.45) is 5.73 Å². The van der Waals surface area contributed by atoms with Crippen LogP contribution < -0.4 is 15.5 Å². The van der Waals surface area contributed by atoms with E-state index in [1.54, 1.807) is 6.92 Å². The zero-order chi connectivity index (χ0) is 14.8. The standard InChI is InChI=1S/C15H23N3O2/c1-15(16,14(19)20)8-5-9-18-11-10-17(2)12-6-3-4-7-13(12)18/h3-4,6-7H,5,8-11,16H2,1-2H3,(H,19,20). The Hall–Kier alpha value is -1.75. The largest absolute Gasteiger partial charge is 0.480 e. The van der Waals surface area contributed by atoms with Crippen LogP contribution in [0.1, 0.15) is 19.8 Å². The van der Waals surface area contributed by atoms with E-state index in [-0.39, 0.29) is 0 Å². The second-order valence-electron chi connectivity index (χ2n) is 5.72. The smallest absolute Gasteiger partial charge is 0.323 e. The summed E-state index contributed by atoms with van der Waals surface area (Å²) >= 11 is 0. The highest BCUT2D eigenvalue weighted by atomic mass is 16.4. The molecule has 1 aromatic carbocycles. The van der Waals surface area contributed by atoms with Crippen LogP contribution >= 0.6 is 0 Å². The summed E-state index contributed by atoms with van der Waals surface area (Å²) in [4.78, 5) is 15.6. The van der Waals surface area contributed by atoms with E-state index in [0.717, 1.165) is 26.1 Å². The maximum atomic E-state index is 11.0. The summed E-state index contributed by atoms with van der Waals surface area (Å²) in [6.45, 7) is 4.36.